The molecule has 0 bridgehead atoms. The van der Waals surface area contributed by atoms with Gasteiger partial charge in [0.15, 0.2) is 0 Å². The van der Waals surface area contributed by atoms with Crippen LogP contribution in [0.3, 0.4) is 0 Å². The van der Waals surface area contributed by atoms with E-state index < -0.39 is 0 Å². The van der Waals surface area contributed by atoms with Crippen LogP contribution in [0.2, 0.25) is 0 Å². The Balaban J connectivity index is 0. The predicted octanol–water partition coefficient (Wildman–Crippen LogP) is 7.99. The van der Waals surface area contributed by atoms with Gasteiger partial charge in [-0.1, -0.05) is 76.7 Å². The van der Waals surface area contributed by atoms with E-state index in [9.17, 15) is 0 Å². The van der Waals surface area contributed by atoms with Crippen LogP contribution < -0.4 is 0 Å². The predicted molar refractivity (Wildman–Crippen MR) is 126 cm³/mol. The van der Waals surface area contributed by atoms with E-state index in [1.54, 1.807) is 0 Å². The molecule has 0 atom stereocenters. The van der Waals surface area contributed by atoms with Gasteiger partial charge in [-0.2, -0.15) is 23.5 Å². The molecule has 0 aliphatic rings. The summed E-state index contributed by atoms with van der Waals surface area (Å²) >= 11 is 5.64. The molecular weight excluding hydrogens is 360 g/mol. The maximum absolute atomic E-state index is 2.23. The van der Waals surface area contributed by atoms with Gasteiger partial charge in [0.25, 0.3) is 0 Å². The number of thioether (sulfide) groups is 3. The van der Waals surface area contributed by atoms with Gasteiger partial charge in [0.2, 0.25) is 0 Å². The minimum absolute atomic E-state index is 0. The van der Waals surface area contributed by atoms with Gasteiger partial charge >= 0.3 is 0 Å². The van der Waals surface area contributed by atoms with Crippen molar-refractivity contribution in [2.75, 3.05) is 24.0 Å². The van der Waals surface area contributed by atoms with Crippen LogP contribution in [0.5, 0.6) is 0 Å². The van der Waals surface area contributed by atoms with Gasteiger partial charge in [0.1, 0.15) is 0 Å². The van der Waals surface area contributed by atoms with Crippen LogP contribution in [0.1, 0.15) is 33.8 Å². The highest BCUT2D eigenvalue weighted by Crippen LogP contribution is 2.15. The summed E-state index contributed by atoms with van der Waals surface area (Å²) in [5.74, 6) is 4.44. The standard InChI is InChI=1S/2C8H10S.C5H12S.CH4/c1-9-7-8-5-3-2-4-6-8;1-2-9-8-6-4-3-5-7-8;1-5(2)4-6-3;/h2-6H,7H2,1H3;3-7H,2H2,1H3;5H,4H2,1-3H3;1H4. The van der Waals surface area contributed by atoms with Crippen LogP contribution in [-0.4, -0.2) is 24.0 Å². The monoisotopic (exact) mass is 396 g/mol. The summed E-state index contributed by atoms with van der Waals surface area (Å²) in [5.41, 5.74) is 1.41. The molecule has 0 aliphatic carbocycles. The Morgan fingerprint density at radius 2 is 1.32 bits per heavy atom. The molecule has 0 aliphatic heterocycles. The molecule has 142 valence electrons. The molecule has 0 N–H and O–H groups in total. The van der Waals surface area contributed by atoms with E-state index in [1.165, 1.54) is 16.2 Å². The van der Waals surface area contributed by atoms with Gasteiger partial charge < -0.3 is 0 Å². The molecule has 0 unspecified atom stereocenters. The largest absolute Gasteiger partial charge is 0.165 e. The number of rotatable bonds is 6. The lowest BCUT2D eigenvalue weighted by molar-refractivity contribution is 0.751. The number of benzene rings is 2. The summed E-state index contributed by atoms with van der Waals surface area (Å²) in [6.45, 7) is 6.63. The van der Waals surface area contributed by atoms with Crippen molar-refractivity contribution >= 4 is 35.3 Å². The second kappa shape index (κ2) is 19.8. The summed E-state index contributed by atoms with van der Waals surface area (Å²) in [5, 5.41) is 0. The topological polar surface area (TPSA) is 0 Å². The fraction of sp³-hybridized carbons (Fsp3) is 0.455. The zero-order valence-corrected chi connectivity index (χ0v) is 18.1. The molecular formula is C22H36S3. The van der Waals surface area contributed by atoms with Gasteiger partial charge in [-0.3, -0.25) is 0 Å². The zero-order valence-electron chi connectivity index (χ0n) is 15.7. The molecule has 2 aromatic rings. The maximum Gasteiger partial charge on any atom is 0.0181 e. The van der Waals surface area contributed by atoms with E-state index in [0.29, 0.717) is 0 Å². The molecule has 2 rings (SSSR count). The summed E-state index contributed by atoms with van der Waals surface area (Å²) in [6.07, 6.45) is 4.26. The quantitative estimate of drug-likeness (QED) is 0.454. The molecule has 0 nitrogen and oxygen atoms in total. The summed E-state index contributed by atoms with van der Waals surface area (Å²) in [4.78, 5) is 1.36. The molecule has 0 heterocycles. The first kappa shape index (κ1) is 26.7. The van der Waals surface area contributed by atoms with Gasteiger partial charge in [0, 0.05) is 10.6 Å². The van der Waals surface area contributed by atoms with Crippen molar-refractivity contribution in [3.05, 3.63) is 66.2 Å². The Kier molecular flexibility index (Phi) is 21.2. The van der Waals surface area contributed by atoms with Gasteiger partial charge in [-0.15, -0.1) is 11.8 Å². The molecule has 0 amide bonds. The number of hydrogen-bond acceptors (Lipinski definition) is 3. The van der Waals surface area contributed by atoms with E-state index in [4.69, 9.17) is 0 Å². The van der Waals surface area contributed by atoms with Crippen molar-refractivity contribution in [2.45, 2.75) is 38.8 Å². The van der Waals surface area contributed by atoms with Crippen LogP contribution in [0, 0.1) is 5.92 Å². The summed E-state index contributed by atoms with van der Waals surface area (Å²) < 4.78 is 0. The normalized spacial score (nSPS) is 9.20. The lowest BCUT2D eigenvalue weighted by atomic mass is 10.2. The summed E-state index contributed by atoms with van der Waals surface area (Å²) in [7, 11) is 0. The SMILES string of the molecule is C.CCSc1ccccc1.CSCC(C)C.CSCc1ccccc1. The Morgan fingerprint density at radius 3 is 1.68 bits per heavy atom. The Hall–Kier alpha value is -0.510. The van der Waals surface area contributed by atoms with Crippen molar-refractivity contribution in [1.29, 1.82) is 0 Å². The van der Waals surface area contributed by atoms with Crippen molar-refractivity contribution in [3.63, 3.8) is 0 Å². The molecule has 0 fully saturated rings. The molecule has 0 saturated carbocycles. The van der Waals surface area contributed by atoms with Crippen molar-refractivity contribution in [2.24, 2.45) is 5.92 Å². The molecule has 2 aromatic carbocycles. The molecule has 0 aromatic heterocycles. The molecule has 0 spiro atoms. The van der Waals surface area contributed by atoms with Gasteiger partial charge in [0.05, 0.1) is 0 Å². The lowest BCUT2D eigenvalue weighted by Crippen LogP contribution is -1.87. The lowest BCUT2D eigenvalue weighted by Gasteiger charge is -1.95. The highest BCUT2D eigenvalue weighted by Gasteiger charge is 1.86. The van der Waals surface area contributed by atoms with E-state index >= 15 is 0 Å². The fourth-order valence-corrected chi connectivity index (χ4v) is 3.63. The van der Waals surface area contributed by atoms with Crippen molar-refractivity contribution in [1.82, 2.24) is 0 Å². The summed E-state index contributed by atoms with van der Waals surface area (Å²) in [6, 6.07) is 20.9. The van der Waals surface area contributed by atoms with E-state index in [2.05, 4.69) is 81.8 Å². The minimum Gasteiger partial charge on any atom is -0.165 e. The van der Waals surface area contributed by atoms with Crippen LogP contribution in [0.4, 0.5) is 0 Å². The third kappa shape index (κ3) is 18.1. The van der Waals surface area contributed by atoms with Crippen molar-refractivity contribution < 1.29 is 0 Å². The minimum atomic E-state index is 0. The first-order valence-electron chi connectivity index (χ1n) is 8.33. The Labute approximate surface area is 170 Å². The first-order chi connectivity index (χ1) is 11.6. The highest BCUT2D eigenvalue weighted by molar-refractivity contribution is 7.99. The molecule has 25 heavy (non-hydrogen) atoms. The Morgan fingerprint density at radius 1 is 0.800 bits per heavy atom. The van der Waals surface area contributed by atoms with Gasteiger partial charge in [-0.25, -0.2) is 0 Å². The average Bonchev–Trinajstić information content (AvgIpc) is 2.58. The second-order valence-corrected chi connectivity index (χ2v) is 8.63. The first-order valence-corrected chi connectivity index (χ1v) is 12.1. The smallest absolute Gasteiger partial charge is 0.0181 e. The maximum atomic E-state index is 2.23. The van der Waals surface area contributed by atoms with E-state index in [1.807, 2.05) is 47.4 Å². The highest BCUT2D eigenvalue weighted by atomic mass is 32.2. The average molecular weight is 397 g/mol. The van der Waals surface area contributed by atoms with E-state index in [0.717, 1.165) is 17.4 Å². The fourth-order valence-electron chi connectivity index (χ4n) is 1.76. The van der Waals surface area contributed by atoms with Crippen LogP contribution >= 0.6 is 35.3 Å². The Bertz CT molecular complexity index is 428. The number of hydrogen-bond donors (Lipinski definition) is 0. The molecule has 3 heteroatoms. The van der Waals surface area contributed by atoms with Gasteiger partial charge in [-0.05, 0) is 47.6 Å². The molecule has 0 radical (unpaired) electrons. The van der Waals surface area contributed by atoms with Crippen LogP contribution in [0.15, 0.2) is 65.6 Å². The van der Waals surface area contributed by atoms with Crippen LogP contribution in [-0.2, 0) is 5.75 Å². The third-order valence-electron chi connectivity index (χ3n) is 2.71. The van der Waals surface area contributed by atoms with Crippen molar-refractivity contribution in [3.8, 4) is 0 Å². The second-order valence-electron chi connectivity index (χ2n) is 5.51. The van der Waals surface area contributed by atoms with Crippen LogP contribution in [0.25, 0.3) is 0 Å². The van der Waals surface area contributed by atoms with E-state index in [-0.39, 0.29) is 7.43 Å². The third-order valence-corrected chi connectivity index (χ3v) is 5.22. The molecule has 0 saturated heterocycles. The zero-order chi connectivity index (χ0) is 18.0.